The van der Waals surface area contributed by atoms with Crippen LogP contribution in [0.15, 0.2) is 29.3 Å². The molecular formula is C15H24ClN3OS. The van der Waals surface area contributed by atoms with E-state index in [4.69, 9.17) is 5.73 Å². The van der Waals surface area contributed by atoms with Gasteiger partial charge in [-0.05, 0) is 38.5 Å². The zero-order valence-corrected chi connectivity index (χ0v) is 14.8. The summed E-state index contributed by atoms with van der Waals surface area (Å²) in [6, 6.07) is 7.61. The highest BCUT2D eigenvalue weighted by molar-refractivity contribution is 8.13. The third-order valence-electron chi connectivity index (χ3n) is 2.41. The standard InChI is InChI=1S/C15H23N3OS.ClH/c1-15(2,3)17-14(16)20-10-11-7-6-8-12(9-11)13(19)18(4)5;/h6-9H,10H2,1-5H3,(H2,16,17);1H. The lowest BCUT2D eigenvalue weighted by atomic mass is 10.1. The monoisotopic (exact) mass is 329 g/mol. The van der Waals surface area contributed by atoms with Crippen LogP contribution in [0.2, 0.25) is 0 Å². The fourth-order valence-electron chi connectivity index (χ4n) is 1.57. The fourth-order valence-corrected chi connectivity index (χ4v) is 2.40. The Balaban J connectivity index is 0.00000400. The van der Waals surface area contributed by atoms with Gasteiger partial charge in [-0.15, -0.1) is 12.4 Å². The maximum absolute atomic E-state index is 11.9. The first-order valence-corrected chi connectivity index (χ1v) is 7.46. The van der Waals surface area contributed by atoms with Crippen LogP contribution in [0.4, 0.5) is 0 Å². The molecule has 1 aromatic carbocycles. The van der Waals surface area contributed by atoms with Crippen molar-refractivity contribution >= 4 is 35.2 Å². The second kappa shape index (κ2) is 8.29. The Morgan fingerprint density at radius 1 is 1.33 bits per heavy atom. The van der Waals surface area contributed by atoms with Crippen LogP contribution in [0.5, 0.6) is 0 Å². The number of hydrogen-bond acceptors (Lipinski definition) is 3. The first kappa shape index (κ1) is 19.8. The van der Waals surface area contributed by atoms with E-state index < -0.39 is 0 Å². The van der Waals surface area contributed by atoms with E-state index in [1.165, 1.54) is 11.8 Å². The number of nitrogens with zero attached hydrogens (tertiary/aromatic N) is 2. The number of amidine groups is 1. The maximum Gasteiger partial charge on any atom is 0.253 e. The van der Waals surface area contributed by atoms with Gasteiger partial charge in [-0.2, -0.15) is 0 Å². The second-order valence-corrected chi connectivity index (χ2v) is 6.81. The molecule has 0 saturated heterocycles. The van der Waals surface area contributed by atoms with E-state index in [1.807, 2.05) is 45.0 Å². The van der Waals surface area contributed by atoms with E-state index in [1.54, 1.807) is 19.0 Å². The molecule has 0 atom stereocenters. The Morgan fingerprint density at radius 2 is 1.95 bits per heavy atom. The highest BCUT2D eigenvalue weighted by atomic mass is 35.5. The van der Waals surface area contributed by atoms with Crippen molar-refractivity contribution in [3.05, 3.63) is 35.4 Å². The van der Waals surface area contributed by atoms with Crippen LogP contribution in [-0.4, -0.2) is 35.6 Å². The summed E-state index contributed by atoms with van der Waals surface area (Å²) in [4.78, 5) is 17.9. The largest absolute Gasteiger partial charge is 0.379 e. The highest BCUT2D eigenvalue weighted by Gasteiger charge is 2.10. The summed E-state index contributed by atoms with van der Waals surface area (Å²) in [5, 5.41) is 0.571. The zero-order chi connectivity index (χ0) is 15.3. The minimum absolute atomic E-state index is 0. The molecule has 0 aliphatic carbocycles. The number of nitrogens with two attached hydrogens (primary N) is 1. The van der Waals surface area contributed by atoms with Crippen molar-refractivity contribution in [2.75, 3.05) is 14.1 Å². The first-order valence-electron chi connectivity index (χ1n) is 6.48. The Hall–Kier alpha value is -1.20. The molecule has 21 heavy (non-hydrogen) atoms. The summed E-state index contributed by atoms with van der Waals surface area (Å²) in [7, 11) is 3.50. The van der Waals surface area contributed by atoms with Crippen LogP contribution in [0, 0.1) is 0 Å². The summed E-state index contributed by atoms with van der Waals surface area (Å²) in [5.41, 5.74) is 7.48. The quantitative estimate of drug-likeness (QED) is 0.684. The lowest BCUT2D eigenvalue weighted by molar-refractivity contribution is 0.0827. The smallest absolute Gasteiger partial charge is 0.253 e. The number of carbonyl (C=O) groups is 1. The van der Waals surface area contributed by atoms with Crippen molar-refractivity contribution in [1.29, 1.82) is 0 Å². The summed E-state index contributed by atoms with van der Waals surface area (Å²) < 4.78 is 0. The van der Waals surface area contributed by atoms with Gasteiger partial charge in [0.05, 0.1) is 5.54 Å². The highest BCUT2D eigenvalue weighted by Crippen LogP contribution is 2.17. The van der Waals surface area contributed by atoms with Gasteiger partial charge in [-0.3, -0.25) is 9.79 Å². The Morgan fingerprint density at radius 3 is 2.48 bits per heavy atom. The van der Waals surface area contributed by atoms with Gasteiger partial charge < -0.3 is 10.6 Å². The van der Waals surface area contributed by atoms with Crippen molar-refractivity contribution in [2.24, 2.45) is 10.7 Å². The molecule has 0 aliphatic heterocycles. The molecule has 0 radical (unpaired) electrons. The molecule has 2 N–H and O–H groups in total. The molecule has 0 fully saturated rings. The van der Waals surface area contributed by atoms with Crippen molar-refractivity contribution in [3.63, 3.8) is 0 Å². The Bertz CT molecular complexity index is 510. The van der Waals surface area contributed by atoms with E-state index in [0.29, 0.717) is 16.5 Å². The number of aliphatic imine (C=N–C) groups is 1. The molecule has 0 unspecified atom stereocenters. The van der Waals surface area contributed by atoms with Crippen LogP contribution >= 0.6 is 24.2 Å². The van der Waals surface area contributed by atoms with Gasteiger partial charge in [0.1, 0.15) is 0 Å². The summed E-state index contributed by atoms with van der Waals surface area (Å²) >= 11 is 1.49. The topological polar surface area (TPSA) is 58.7 Å². The molecule has 0 spiro atoms. The van der Waals surface area contributed by atoms with Gasteiger partial charge in [-0.25, -0.2) is 0 Å². The minimum Gasteiger partial charge on any atom is -0.379 e. The number of rotatable bonds is 3. The number of amides is 1. The van der Waals surface area contributed by atoms with Crippen LogP contribution in [0.1, 0.15) is 36.7 Å². The number of hydrogen-bond donors (Lipinski definition) is 1. The number of carbonyl (C=O) groups excluding carboxylic acids is 1. The molecule has 118 valence electrons. The average molecular weight is 330 g/mol. The summed E-state index contributed by atoms with van der Waals surface area (Å²) in [5.74, 6) is 0.716. The zero-order valence-electron chi connectivity index (χ0n) is 13.2. The van der Waals surface area contributed by atoms with Gasteiger partial charge in [0, 0.05) is 25.4 Å². The Labute approximate surface area is 137 Å². The van der Waals surface area contributed by atoms with Crippen molar-refractivity contribution in [2.45, 2.75) is 32.1 Å². The third-order valence-corrected chi connectivity index (χ3v) is 3.28. The minimum atomic E-state index is -0.167. The van der Waals surface area contributed by atoms with E-state index >= 15 is 0 Å². The first-order chi connectivity index (χ1) is 9.19. The predicted octanol–water partition coefficient (Wildman–Crippen LogP) is 3.16. The number of halogens is 1. The average Bonchev–Trinajstić information content (AvgIpc) is 2.33. The molecule has 6 heteroatoms. The normalized spacial score (nSPS) is 11.8. The maximum atomic E-state index is 11.9. The van der Waals surface area contributed by atoms with Crippen LogP contribution in [-0.2, 0) is 5.75 Å². The lowest BCUT2D eigenvalue weighted by Gasteiger charge is -2.13. The van der Waals surface area contributed by atoms with Crippen molar-refractivity contribution in [1.82, 2.24) is 4.90 Å². The molecule has 0 bridgehead atoms. The van der Waals surface area contributed by atoms with Crippen molar-refractivity contribution < 1.29 is 4.79 Å². The molecule has 4 nitrogen and oxygen atoms in total. The van der Waals surface area contributed by atoms with Gasteiger partial charge in [-0.1, -0.05) is 23.9 Å². The van der Waals surface area contributed by atoms with E-state index in [-0.39, 0.29) is 23.9 Å². The Kier molecular flexibility index (Phi) is 7.82. The molecule has 0 aromatic heterocycles. The number of benzene rings is 1. The molecule has 1 amide bonds. The molecule has 1 rings (SSSR count). The van der Waals surface area contributed by atoms with Gasteiger partial charge in [0.2, 0.25) is 0 Å². The van der Waals surface area contributed by atoms with Crippen LogP contribution < -0.4 is 5.73 Å². The van der Waals surface area contributed by atoms with Gasteiger partial charge in [0.15, 0.2) is 5.17 Å². The van der Waals surface area contributed by atoms with Crippen LogP contribution in [0.25, 0.3) is 0 Å². The summed E-state index contributed by atoms with van der Waals surface area (Å²) in [6.07, 6.45) is 0. The molecule has 1 aromatic rings. The van der Waals surface area contributed by atoms with Gasteiger partial charge in [0.25, 0.3) is 5.91 Å². The molecular weight excluding hydrogens is 306 g/mol. The van der Waals surface area contributed by atoms with Crippen molar-refractivity contribution in [3.8, 4) is 0 Å². The molecule has 0 aliphatic rings. The van der Waals surface area contributed by atoms with E-state index in [9.17, 15) is 4.79 Å². The SMILES string of the molecule is CN(C)C(=O)c1cccc(CSC(N)=NC(C)(C)C)c1.Cl. The van der Waals surface area contributed by atoms with E-state index in [0.717, 1.165) is 5.56 Å². The van der Waals surface area contributed by atoms with Crippen LogP contribution in [0.3, 0.4) is 0 Å². The molecule has 0 heterocycles. The van der Waals surface area contributed by atoms with E-state index in [2.05, 4.69) is 4.99 Å². The number of thioether (sulfide) groups is 1. The van der Waals surface area contributed by atoms with Gasteiger partial charge >= 0.3 is 0 Å². The summed E-state index contributed by atoms with van der Waals surface area (Å²) in [6.45, 7) is 6.03. The lowest BCUT2D eigenvalue weighted by Crippen LogP contribution is -2.21. The predicted molar refractivity (Wildman–Crippen MR) is 94.4 cm³/mol. The molecule has 0 saturated carbocycles. The second-order valence-electron chi connectivity index (χ2n) is 5.81. The third kappa shape index (κ3) is 7.39. The fraction of sp³-hybridized carbons (Fsp3) is 0.467.